The molecule has 1 aromatic heterocycles. The van der Waals surface area contributed by atoms with Crippen molar-refractivity contribution in [3.05, 3.63) is 30.0 Å². The summed E-state index contributed by atoms with van der Waals surface area (Å²) in [6.45, 7) is 5.97. The van der Waals surface area contributed by atoms with Crippen LogP contribution in [0.3, 0.4) is 0 Å². The highest BCUT2D eigenvalue weighted by molar-refractivity contribution is 6.04. The second-order valence-corrected chi connectivity index (χ2v) is 9.48. The standard InChI is InChI=1S/C23H31FN4O4/c1-23(2,3)11-7-10-16(29)21-19(24)17(32-4)12-27(21)18(30)13-28-15-9-6-5-8-14(15)20(26-28)22(25)31/h5-6,8-9,17,19,21H,7,10-13H2,1-4H3,(H2,25,31)/t17-,19+,21-/m1/s1. The molecule has 0 aliphatic carbocycles. The minimum atomic E-state index is -1.60. The monoisotopic (exact) mass is 446 g/mol. The Labute approximate surface area is 186 Å². The third kappa shape index (κ3) is 4.98. The predicted molar refractivity (Wildman–Crippen MR) is 118 cm³/mol. The lowest BCUT2D eigenvalue weighted by molar-refractivity contribution is -0.139. The van der Waals surface area contributed by atoms with Gasteiger partial charge in [0.1, 0.15) is 18.7 Å². The number of ether oxygens (including phenoxy) is 1. The van der Waals surface area contributed by atoms with Crippen LogP contribution in [-0.2, 0) is 20.9 Å². The van der Waals surface area contributed by atoms with Crippen LogP contribution in [0.2, 0.25) is 0 Å². The minimum Gasteiger partial charge on any atom is -0.376 e. The predicted octanol–water partition coefficient (Wildman–Crippen LogP) is 2.48. The molecule has 2 amide bonds. The third-order valence-electron chi connectivity index (χ3n) is 5.85. The summed E-state index contributed by atoms with van der Waals surface area (Å²) >= 11 is 0. The summed E-state index contributed by atoms with van der Waals surface area (Å²) in [5, 5.41) is 4.72. The van der Waals surface area contributed by atoms with Gasteiger partial charge in [-0.15, -0.1) is 0 Å². The number of carbonyl (C=O) groups excluding carboxylic acids is 3. The average Bonchev–Trinajstić information content (AvgIpc) is 3.25. The van der Waals surface area contributed by atoms with E-state index in [1.807, 2.05) is 0 Å². The third-order valence-corrected chi connectivity index (χ3v) is 5.85. The molecule has 2 aromatic rings. The zero-order valence-electron chi connectivity index (χ0n) is 19.0. The number of rotatable bonds is 8. The first kappa shape index (κ1) is 23.8. The number of alkyl halides is 1. The fourth-order valence-corrected chi connectivity index (χ4v) is 4.19. The van der Waals surface area contributed by atoms with Gasteiger partial charge in [-0.05, 0) is 24.3 Å². The molecule has 0 radical (unpaired) electrons. The number of halogens is 1. The van der Waals surface area contributed by atoms with Crippen molar-refractivity contribution < 1.29 is 23.5 Å². The van der Waals surface area contributed by atoms with Crippen molar-refractivity contribution in [2.24, 2.45) is 11.1 Å². The van der Waals surface area contributed by atoms with Crippen LogP contribution in [-0.4, -0.2) is 64.3 Å². The molecule has 0 spiro atoms. The number of fused-ring (bicyclic) bond motifs is 1. The average molecular weight is 447 g/mol. The minimum absolute atomic E-state index is 0.0198. The number of hydrogen-bond acceptors (Lipinski definition) is 5. The molecular weight excluding hydrogens is 415 g/mol. The van der Waals surface area contributed by atoms with Crippen molar-refractivity contribution >= 4 is 28.5 Å². The molecule has 3 atom stereocenters. The van der Waals surface area contributed by atoms with E-state index in [0.29, 0.717) is 17.3 Å². The SMILES string of the molecule is CO[C@@H]1CN(C(=O)Cn2nc(C(N)=O)c3ccccc32)[C@H](C(=O)CCCC(C)(C)C)[C@H]1F. The summed E-state index contributed by atoms with van der Waals surface area (Å²) in [7, 11) is 1.37. The molecule has 9 heteroatoms. The van der Waals surface area contributed by atoms with Gasteiger partial charge in [0.25, 0.3) is 5.91 Å². The van der Waals surface area contributed by atoms with Crippen LogP contribution in [0.4, 0.5) is 4.39 Å². The summed E-state index contributed by atoms with van der Waals surface area (Å²) in [6.07, 6.45) is -0.831. The van der Waals surface area contributed by atoms with Crippen LogP contribution in [0.25, 0.3) is 10.9 Å². The van der Waals surface area contributed by atoms with Crippen molar-refractivity contribution in [2.45, 2.75) is 64.9 Å². The van der Waals surface area contributed by atoms with E-state index in [9.17, 15) is 14.4 Å². The van der Waals surface area contributed by atoms with Crippen molar-refractivity contribution in [2.75, 3.05) is 13.7 Å². The van der Waals surface area contributed by atoms with E-state index < -0.39 is 30.1 Å². The first-order valence-corrected chi connectivity index (χ1v) is 10.8. The Hall–Kier alpha value is -2.81. The maximum Gasteiger partial charge on any atom is 0.269 e. The smallest absolute Gasteiger partial charge is 0.269 e. The molecule has 8 nitrogen and oxygen atoms in total. The summed E-state index contributed by atoms with van der Waals surface area (Å²) in [6, 6.07) is 5.72. The van der Waals surface area contributed by atoms with Crippen LogP contribution in [0.15, 0.2) is 24.3 Å². The number of amides is 2. The Morgan fingerprint density at radius 3 is 2.56 bits per heavy atom. The van der Waals surface area contributed by atoms with Gasteiger partial charge in [-0.2, -0.15) is 5.10 Å². The van der Waals surface area contributed by atoms with E-state index in [2.05, 4.69) is 25.9 Å². The molecule has 1 aliphatic heterocycles. The summed E-state index contributed by atoms with van der Waals surface area (Å²) in [5.41, 5.74) is 6.10. The summed E-state index contributed by atoms with van der Waals surface area (Å²) < 4.78 is 21.6. The molecule has 1 aliphatic rings. The highest BCUT2D eigenvalue weighted by atomic mass is 19.1. The van der Waals surface area contributed by atoms with Gasteiger partial charge in [0, 0.05) is 18.9 Å². The van der Waals surface area contributed by atoms with Crippen molar-refractivity contribution in [3.63, 3.8) is 0 Å². The Morgan fingerprint density at radius 2 is 1.94 bits per heavy atom. The van der Waals surface area contributed by atoms with E-state index in [4.69, 9.17) is 10.5 Å². The van der Waals surface area contributed by atoms with Crippen LogP contribution in [0.5, 0.6) is 0 Å². The van der Waals surface area contributed by atoms with Crippen LogP contribution in [0.1, 0.15) is 50.5 Å². The fraction of sp³-hybridized carbons (Fsp3) is 0.565. The molecule has 1 fully saturated rings. The van der Waals surface area contributed by atoms with E-state index in [0.717, 1.165) is 6.42 Å². The van der Waals surface area contributed by atoms with Gasteiger partial charge in [-0.1, -0.05) is 39.0 Å². The quantitative estimate of drug-likeness (QED) is 0.670. The van der Waals surface area contributed by atoms with E-state index in [1.54, 1.807) is 24.3 Å². The molecular formula is C23H31FN4O4. The number of primary amides is 1. The number of carbonyl (C=O) groups is 3. The molecule has 1 saturated heterocycles. The highest BCUT2D eigenvalue weighted by Crippen LogP contribution is 2.28. The van der Waals surface area contributed by atoms with Crippen LogP contribution in [0, 0.1) is 5.41 Å². The molecule has 2 N–H and O–H groups in total. The first-order valence-electron chi connectivity index (χ1n) is 10.8. The van der Waals surface area contributed by atoms with Gasteiger partial charge < -0.3 is 15.4 Å². The maximum absolute atomic E-state index is 15.1. The van der Waals surface area contributed by atoms with Crippen molar-refractivity contribution in [1.82, 2.24) is 14.7 Å². The van der Waals surface area contributed by atoms with Crippen LogP contribution >= 0.6 is 0 Å². The van der Waals surface area contributed by atoms with Gasteiger partial charge in [0.15, 0.2) is 17.6 Å². The fourth-order valence-electron chi connectivity index (χ4n) is 4.19. The van der Waals surface area contributed by atoms with Gasteiger partial charge in [-0.25, -0.2) is 4.39 Å². The number of hydrogen-bond donors (Lipinski definition) is 1. The second kappa shape index (κ2) is 9.36. The number of methoxy groups -OCH3 is 1. The number of benzene rings is 1. The normalized spacial score (nSPS) is 21.3. The molecule has 174 valence electrons. The lowest BCUT2D eigenvalue weighted by atomic mass is 9.88. The van der Waals surface area contributed by atoms with Gasteiger partial charge in [-0.3, -0.25) is 19.1 Å². The van der Waals surface area contributed by atoms with Gasteiger partial charge >= 0.3 is 0 Å². The van der Waals surface area contributed by atoms with E-state index >= 15 is 4.39 Å². The number of aromatic nitrogens is 2. The van der Waals surface area contributed by atoms with E-state index in [1.165, 1.54) is 16.7 Å². The van der Waals surface area contributed by atoms with Gasteiger partial charge in [0.05, 0.1) is 12.1 Å². The lowest BCUT2D eigenvalue weighted by Crippen LogP contribution is -2.45. The molecule has 3 rings (SSSR count). The first-order chi connectivity index (χ1) is 15.0. The molecule has 0 bridgehead atoms. The Balaban J connectivity index is 1.81. The summed E-state index contributed by atoms with van der Waals surface area (Å²) in [4.78, 5) is 39.1. The number of Topliss-reactive ketones (excluding diaryl/α,β-unsaturated/α-hetero) is 1. The largest absolute Gasteiger partial charge is 0.376 e. The summed E-state index contributed by atoms with van der Waals surface area (Å²) in [5.74, 6) is -1.48. The second-order valence-electron chi connectivity index (χ2n) is 9.48. The van der Waals surface area contributed by atoms with Gasteiger partial charge in [0.2, 0.25) is 5.91 Å². The van der Waals surface area contributed by atoms with Crippen LogP contribution < -0.4 is 5.73 Å². The molecule has 2 heterocycles. The van der Waals surface area contributed by atoms with Crippen molar-refractivity contribution in [3.8, 4) is 0 Å². The molecule has 1 aromatic carbocycles. The van der Waals surface area contributed by atoms with Crippen molar-refractivity contribution in [1.29, 1.82) is 0 Å². The molecule has 0 saturated carbocycles. The maximum atomic E-state index is 15.1. The van der Waals surface area contributed by atoms with E-state index in [-0.39, 0.29) is 36.4 Å². The zero-order chi connectivity index (χ0) is 23.6. The molecule has 32 heavy (non-hydrogen) atoms. The Morgan fingerprint density at radius 1 is 1.25 bits per heavy atom. The zero-order valence-corrected chi connectivity index (χ0v) is 19.0. The Bertz CT molecular complexity index is 1010. The lowest BCUT2D eigenvalue weighted by Gasteiger charge is -2.25. The highest BCUT2D eigenvalue weighted by Gasteiger charge is 2.48. The number of nitrogens with zero attached hydrogens (tertiary/aromatic N) is 3. The number of nitrogens with two attached hydrogens (primary N) is 1. The number of ketones is 1. The Kier molecular flexibility index (Phi) is 6.97. The topological polar surface area (TPSA) is 108 Å². The molecule has 0 unspecified atom stereocenters. The number of para-hydroxylation sites is 1. The number of likely N-dealkylation sites (tertiary alicyclic amines) is 1.